The maximum atomic E-state index is 5.31. The minimum absolute atomic E-state index is 0.862. The van der Waals surface area contributed by atoms with Gasteiger partial charge in [-0.15, -0.1) is 0 Å². The number of benzene rings is 1. The van der Waals surface area contributed by atoms with Gasteiger partial charge in [-0.25, -0.2) is 0 Å². The molecule has 0 bridgehead atoms. The van der Waals surface area contributed by atoms with E-state index < -0.39 is 0 Å². The topological polar surface area (TPSA) is 9.23 Å². The molecule has 0 aliphatic rings. The Labute approximate surface area is 119 Å². The Morgan fingerprint density at radius 3 is 1.95 bits per heavy atom. The zero-order valence-electron chi connectivity index (χ0n) is 13.2. The monoisotopic (exact) mass is 260 g/mol. The summed E-state index contributed by atoms with van der Waals surface area (Å²) >= 11 is 0. The van der Waals surface area contributed by atoms with Gasteiger partial charge in [0.05, 0.1) is 7.11 Å². The summed E-state index contributed by atoms with van der Waals surface area (Å²) in [4.78, 5) is 0. The third-order valence-corrected chi connectivity index (χ3v) is 2.12. The van der Waals surface area contributed by atoms with Crippen LogP contribution in [0.15, 0.2) is 60.9 Å². The lowest BCUT2D eigenvalue weighted by atomic mass is 10.0. The first kappa shape index (κ1) is 19.6. The molecule has 0 N–H and O–H groups in total. The van der Waals surface area contributed by atoms with E-state index in [1.54, 1.807) is 13.2 Å². The van der Waals surface area contributed by atoms with Crippen molar-refractivity contribution in [3.05, 3.63) is 66.5 Å². The second kappa shape index (κ2) is 14.3. The lowest BCUT2D eigenvalue weighted by Gasteiger charge is -2.10. The molecule has 1 heteroatoms. The summed E-state index contributed by atoms with van der Waals surface area (Å²) in [5, 5.41) is 0. The first-order chi connectivity index (χ1) is 9.33. The molecule has 1 rings (SSSR count). The minimum Gasteiger partial charge on any atom is -0.496 e. The predicted octanol–water partition coefficient (Wildman–Crippen LogP) is 5.86. The van der Waals surface area contributed by atoms with Crippen molar-refractivity contribution in [1.82, 2.24) is 0 Å². The molecule has 0 atom stereocenters. The van der Waals surface area contributed by atoms with Gasteiger partial charge in [0.25, 0.3) is 0 Å². The zero-order chi connectivity index (χ0) is 15.1. The van der Waals surface area contributed by atoms with Crippen molar-refractivity contribution in [3.8, 4) is 0 Å². The SMILES string of the molecule is C=C/C=C(\C(=C/C)OC)c1ccccc1.CC.CC. The number of hydrogen-bond acceptors (Lipinski definition) is 1. The largest absolute Gasteiger partial charge is 0.496 e. The van der Waals surface area contributed by atoms with Crippen molar-refractivity contribution >= 4 is 5.57 Å². The molecule has 0 aliphatic carbocycles. The maximum Gasteiger partial charge on any atom is 0.122 e. The van der Waals surface area contributed by atoms with Crippen LogP contribution in [0.2, 0.25) is 0 Å². The number of rotatable bonds is 4. The van der Waals surface area contributed by atoms with Crippen LogP contribution in [0.4, 0.5) is 0 Å². The molecule has 106 valence electrons. The van der Waals surface area contributed by atoms with Crippen LogP contribution in [0, 0.1) is 0 Å². The van der Waals surface area contributed by atoms with Crippen LogP contribution < -0.4 is 0 Å². The van der Waals surface area contributed by atoms with Crippen LogP contribution >= 0.6 is 0 Å². The molecule has 0 amide bonds. The van der Waals surface area contributed by atoms with Crippen LogP contribution in [-0.2, 0) is 4.74 Å². The molecule has 0 aromatic heterocycles. The number of ether oxygens (including phenoxy) is 1. The predicted molar refractivity (Wildman–Crippen MR) is 88.1 cm³/mol. The van der Waals surface area contributed by atoms with Crippen LogP contribution in [0.25, 0.3) is 5.57 Å². The third-order valence-electron chi connectivity index (χ3n) is 2.12. The standard InChI is InChI=1S/C14H16O.2C2H6/c1-4-9-13(14(5-2)15-3)12-10-7-6-8-11-12;2*1-2/h4-11H,1H2,2-3H3;2*1-2H3/b13-9-,14-5+;;. The summed E-state index contributed by atoms with van der Waals surface area (Å²) in [6, 6.07) is 10.1. The molecule has 0 heterocycles. The van der Waals surface area contributed by atoms with E-state index >= 15 is 0 Å². The van der Waals surface area contributed by atoms with Gasteiger partial charge >= 0.3 is 0 Å². The fourth-order valence-electron chi connectivity index (χ4n) is 1.44. The molecular weight excluding hydrogens is 232 g/mol. The Morgan fingerprint density at radius 1 is 1.05 bits per heavy atom. The molecule has 0 spiro atoms. The van der Waals surface area contributed by atoms with Gasteiger partial charge in [-0.05, 0) is 18.6 Å². The molecule has 0 aliphatic heterocycles. The van der Waals surface area contributed by atoms with E-state index in [9.17, 15) is 0 Å². The Bertz CT molecular complexity index is 372. The highest BCUT2D eigenvalue weighted by Gasteiger charge is 2.05. The summed E-state index contributed by atoms with van der Waals surface area (Å²) in [6.07, 6.45) is 5.67. The molecule has 1 aromatic rings. The van der Waals surface area contributed by atoms with Crippen molar-refractivity contribution in [1.29, 1.82) is 0 Å². The second-order valence-electron chi connectivity index (χ2n) is 3.04. The molecule has 1 aromatic carbocycles. The second-order valence-corrected chi connectivity index (χ2v) is 3.04. The maximum absolute atomic E-state index is 5.31. The lowest BCUT2D eigenvalue weighted by molar-refractivity contribution is 0.310. The molecule has 0 fully saturated rings. The van der Waals surface area contributed by atoms with Crippen molar-refractivity contribution in [3.63, 3.8) is 0 Å². The number of methoxy groups -OCH3 is 1. The summed E-state index contributed by atoms with van der Waals surface area (Å²) in [7, 11) is 1.68. The van der Waals surface area contributed by atoms with Crippen LogP contribution in [-0.4, -0.2) is 7.11 Å². The van der Waals surface area contributed by atoms with E-state index in [0.29, 0.717) is 0 Å². The Kier molecular flexibility index (Phi) is 14.7. The average molecular weight is 260 g/mol. The van der Waals surface area contributed by atoms with Gasteiger partial charge in [0.15, 0.2) is 0 Å². The van der Waals surface area contributed by atoms with Crippen molar-refractivity contribution in [2.75, 3.05) is 7.11 Å². The van der Waals surface area contributed by atoms with Crippen LogP contribution in [0.5, 0.6) is 0 Å². The minimum atomic E-state index is 0.862. The molecule has 0 saturated carbocycles. The first-order valence-corrected chi connectivity index (χ1v) is 6.92. The van der Waals surface area contributed by atoms with E-state index in [-0.39, 0.29) is 0 Å². The number of allylic oxidation sites excluding steroid dienone is 4. The van der Waals surface area contributed by atoms with Gasteiger partial charge in [-0.2, -0.15) is 0 Å². The normalized spacial score (nSPS) is 10.4. The smallest absolute Gasteiger partial charge is 0.122 e. The highest BCUT2D eigenvalue weighted by molar-refractivity contribution is 5.78. The Hall–Kier alpha value is -1.76. The molecule has 0 saturated heterocycles. The van der Waals surface area contributed by atoms with Gasteiger partial charge in [0, 0.05) is 5.57 Å². The van der Waals surface area contributed by atoms with Crippen molar-refractivity contribution in [2.24, 2.45) is 0 Å². The van der Waals surface area contributed by atoms with Crippen molar-refractivity contribution in [2.45, 2.75) is 34.6 Å². The quantitative estimate of drug-likeness (QED) is 0.487. The molecule has 1 nitrogen and oxygen atoms in total. The van der Waals surface area contributed by atoms with E-state index in [0.717, 1.165) is 16.9 Å². The van der Waals surface area contributed by atoms with E-state index in [1.807, 2.05) is 65.0 Å². The lowest BCUT2D eigenvalue weighted by Crippen LogP contribution is -1.92. The highest BCUT2D eigenvalue weighted by Crippen LogP contribution is 2.23. The van der Waals surface area contributed by atoms with E-state index in [1.165, 1.54) is 0 Å². The summed E-state index contributed by atoms with van der Waals surface area (Å²) < 4.78 is 5.31. The summed E-state index contributed by atoms with van der Waals surface area (Å²) in [6.45, 7) is 13.7. The van der Waals surface area contributed by atoms with Crippen LogP contribution in [0.3, 0.4) is 0 Å². The van der Waals surface area contributed by atoms with E-state index in [2.05, 4.69) is 18.7 Å². The molecule has 0 unspecified atom stereocenters. The molecule has 19 heavy (non-hydrogen) atoms. The van der Waals surface area contributed by atoms with Crippen LogP contribution in [0.1, 0.15) is 40.2 Å². The molecule has 0 radical (unpaired) electrons. The number of hydrogen-bond donors (Lipinski definition) is 0. The fourth-order valence-corrected chi connectivity index (χ4v) is 1.44. The fraction of sp³-hybridized carbons (Fsp3) is 0.333. The van der Waals surface area contributed by atoms with E-state index in [4.69, 9.17) is 4.74 Å². The first-order valence-electron chi connectivity index (χ1n) is 6.92. The Morgan fingerprint density at radius 2 is 1.58 bits per heavy atom. The highest BCUT2D eigenvalue weighted by atomic mass is 16.5. The zero-order valence-corrected chi connectivity index (χ0v) is 13.2. The van der Waals surface area contributed by atoms with Gasteiger partial charge < -0.3 is 4.74 Å². The summed E-state index contributed by atoms with van der Waals surface area (Å²) in [5.41, 5.74) is 2.18. The summed E-state index contributed by atoms with van der Waals surface area (Å²) in [5.74, 6) is 0.862. The third kappa shape index (κ3) is 7.30. The van der Waals surface area contributed by atoms with Gasteiger partial charge in [0.2, 0.25) is 0 Å². The average Bonchev–Trinajstić information content (AvgIpc) is 2.52. The van der Waals surface area contributed by atoms with Gasteiger partial charge in [-0.3, -0.25) is 0 Å². The molecular formula is C18H28O. The van der Waals surface area contributed by atoms with Gasteiger partial charge in [0.1, 0.15) is 5.76 Å². The van der Waals surface area contributed by atoms with Crippen molar-refractivity contribution < 1.29 is 4.74 Å². The Balaban J connectivity index is 0. The van der Waals surface area contributed by atoms with Gasteiger partial charge in [-0.1, -0.05) is 76.8 Å².